The van der Waals surface area contributed by atoms with E-state index >= 15 is 0 Å². The number of nitrogens with zero attached hydrogens (tertiary/aromatic N) is 2. The molecule has 3 rings (SSSR count). The fourth-order valence-corrected chi connectivity index (χ4v) is 4.25. The van der Waals surface area contributed by atoms with Gasteiger partial charge in [0.25, 0.3) is 0 Å². The van der Waals surface area contributed by atoms with Gasteiger partial charge in [-0.25, -0.2) is 4.39 Å². The Labute approximate surface area is 171 Å². The molecule has 6 heteroatoms. The summed E-state index contributed by atoms with van der Waals surface area (Å²) < 4.78 is 12.9. The van der Waals surface area contributed by atoms with Crippen molar-refractivity contribution in [3.8, 4) is 0 Å². The van der Waals surface area contributed by atoms with E-state index in [-0.39, 0.29) is 11.7 Å². The lowest BCUT2D eigenvalue weighted by atomic mass is 10.1. The van der Waals surface area contributed by atoms with Crippen molar-refractivity contribution in [2.24, 2.45) is 0 Å². The zero-order valence-electron chi connectivity index (χ0n) is 16.4. The molecular weight excluding hydrogens is 373 g/mol. The van der Waals surface area contributed by atoms with E-state index in [9.17, 15) is 9.18 Å². The molecule has 0 bridgehead atoms. The first-order chi connectivity index (χ1) is 13.6. The number of rotatable bonds is 8. The van der Waals surface area contributed by atoms with Crippen molar-refractivity contribution in [2.45, 2.75) is 18.2 Å². The van der Waals surface area contributed by atoms with Crippen LogP contribution in [0.1, 0.15) is 12.5 Å². The summed E-state index contributed by atoms with van der Waals surface area (Å²) in [5.41, 5.74) is 2.09. The third-order valence-electron chi connectivity index (χ3n) is 4.99. The molecule has 1 aliphatic rings. The van der Waals surface area contributed by atoms with Crippen LogP contribution in [0.2, 0.25) is 0 Å². The molecule has 0 aromatic heterocycles. The Morgan fingerprint density at radius 2 is 1.71 bits per heavy atom. The average Bonchev–Trinajstić information content (AvgIpc) is 2.71. The zero-order valence-corrected chi connectivity index (χ0v) is 17.2. The van der Waals surface area contributed by atoms with Crippen LogP contribution in [0, 0.1) is 5.82 Å². The van der Waals surface area contributed by atoms with Crippen molar-refractivity contribution in [1.29, 1.82) is 0 Å². The molecule has 0 radical (unpaired) electrons. The summed E-state index contributed by atoms with van der Waals surface area (Å²) in [5, 5.41) is 3.05. The second-order valence-electron chi connectivity index (χ2n) is 6.98. The van der Waals surface area contributed by atoms with Crippen LogP contribution < -0.4 is 5.32 Å². The van der Waals surface area contributed by atoms with Gasteiger partial charge in [-0.3, -0.25) is 14.6 Å². The highest BCUT2D eigenvalue weighted by Crippen LogP contribution is 2.18. The molecule has 1 N–H and O–H groups in total. The van der Waals surface area contributed by atoms with Crippen molar-refractivity contribution < 1.29 is 9.18 Å². The van der Waals surface area contributed by atoms with Gasteiger partial charge in [0.05, 0.1) is 6.54 Å². The summed E-state index contributed by atoms with van der Waals surface area (Å²) >= 11 is 1.75. The Morgan fingerprint density at radius 1 is 1.04 bits per heavy atom. The van der Waals surface area contributed by atoms with Crippen LogP contribution in [-0.2, 0) is 11.2 Å². The van der Waals surface area contributed by atoms with E-state index in [1.54, 1.807) is 11.8 Å². The highest BCUT2D eigenvalue weighted by Gasteiger charge is 2.19. The lowest BCUT2D eigenvalue weighted by molar-refractivity contribution is -0.117. The van der Waals surface area contributed by atoms with Crippen LogP contribution in [0.15, 0.2) is 53.4 Å². The summed E-state index contributed by atoms with van der Waals surface area (Å²) in [7, 11) is 0. The summed E-state index contributed by atoms with van der Waals surface area (Å²) in [6.07, 6.45) is 0.908. The Hall–Kier alpha value is -1.89. The Morgan fingerprint density at radius 3 is 2.43 bits per heavy atom. The molecule has 150 valence electrons. The molecule has 2 aromatic rings. The number of thioether (sulfide) groups is 1. The molecule has 0 unspecified atom stereocenters. The quantitative estimate of drug-likeness (QED) is 0.684. The molecule has 1 aliphatic heterocycles. The summed E-state index contributed by atoms with van der Waals surface area (Å²) in [4.78, 5) is 18.1. The maximum absolute atomic E-state index is 12.9. The zero-order chi connectivity index (χ0) is 19.8. The molecular formula is C22H28FN3OS. The highest BCUT2D eigenvalue weighted by molar-refractivity contribution is 7.99. The first-order valence-electron chi connectivity index (χ1n) is 9.85. The number of para-hydroxylation sites is 1. The lowest BCUT2D eigenvalue weighted by Gasteiger charge is -2.34. The van der Waals surface area contributed by atoms with Crippen LogP contribution in [0.5, 0.6) is 0 Å². The molecule has 0 atom stereocenters. The van der Waals surface area contributed by atoms with Crippen LogP contribution in [0.4, 0.5) is 10.1 Å². The number of benzene rings is 2. The number of piperazine rings is 1. The van der Waals surface area contributed by atoms with Gasteiger partial charge in [0.15, 0.2) is 0 Å². The minimum absolute atomic E-state index is 0.0567. The van der Waals surface area contributed by atoms with Crippen LogP contribution >= 0.6 is 11.8 Å². The summed E-state index contributed by atoms with van der Waals surface area (Å²) in [6.45, 7) is 7.31. The molecule has 1 saturated heterocycles. The van der Waals surface area contributed by atoms with Gasteiger partial charge in [-0.1, -0.05) is 25.1 Å². The minimum Gasteiger partial charge on any atom is -0.325 e. The van der Waals surface area contributed by atoms with Crippen LogP contribution in [-0.4, -0.2) is 60.7 Å². The van der Waals surface area contributed by atoms with Gasteiger partial charge in [0.2, 0.25) is 5.91 Å². The van der Waals surface area contributed by atoms with E-state index in [1.807, 2.05) is 30.3 Å². The lowest BCUT2D eigenvalue weighted by Crippen LogP contribution is -2.49. The predicted molar refractivity (Wildman–Crippen MR) is 114 cm³/mol. The first kappa shape index (κ1) is 20.8. The van der Waals surface area contributed by atoms with Gasteiger partial charge in [0, 0.05) is 49.1 Å². The number of anilines is 1. The van der Waals surface area contributed by atoms with Gasteiger partial charge in [-0.2, -0.15) is 0 Å². The van der Waals surface area contributed by atoms with Gasteiger partial charge in [-0.15, -0.1) is 11.8 Å². The van der Waals surface area contributed by atoms with E-state index in [2.05, 4.69) is 28.1 Å². The number of carbonyl (C=O) groups is 1. The maximum atomic E-state index is 12.9. The number of halogens is 1. The van der Waals surface area contributed by atoms with E-state index in [0.717, 1.165) is 55.5 Å². The Balaban J connectivity index is 1.35. The van der Waals surface area contributed by atoms with Gasteiger partial charge in [-0.05, 0) is 42.3 Å². The number of aryl methyl sites for hydroxylation is 1. The van der Waals surface area contributed by atoms with E-state index < -0.39 is 0 Å². The maximum Gasteiger partial charge on any atom is 0.238 e. The second kappa shape index (κ2) is 10.6. The fraction of sp³-hybridized carbons (Fsp3) is 0.409. The number of amides is 1. The van der Waals surface area contributed by atoms with Crippen molar-refractivity contribution in [2.75, 3.05) is 50.3 Å². The smallest absolute Gasteiger partial charge is 0.238 e. The van der Waals surface area contributed by atoms with Gasteiger partial charge in [0.1, 0.15) is 5.82 Å². The topological polar surface area (TPSA) is 35.6 Å². The molecule has 0 spiro atoms. The number of hydrogen-bond acceptors (Lipinski definition) is 4. The van der Waals surface area contributed by atoms with Crippen molar-refractivity contribution in [3.05, 3.63) is 59.9 Å². The van der Waals surface area contributed by atoms with Crippen LogP contribution in [0.25, 0.3) is 0 Å². The monoisotopic (exact) mass is 401 g/mol. The minimum atomic E-state index is -0.192. The van der Waals surface area contributed by atoms with E-state index in [4.69, 9.17) is 0 Å². The molecule has 0 saturated carbocycles. The third-order valence-corrected chi connectivity index (χ3v) is 5.99. The largest absolute Gasteiger partial charge is 0.325 e. The van der Waals surface area contributed by atoms with Crippen molar-refractivity contribution >= 4 is 23.4 Å². The van der Waals surface area contributed by atoms with Crippen molar-refractivity contribution in [1.82, 2.24) is 9.80 Å². The third kappa shape index (κ3) is 6.33. The first-order valence-corrected chi connectivity index (χ1v) is 10.8. The van der Waals surface area contributed by atoms with Gasteiger partial charge < -0.3 is 5.32 Å². The fourth-order valence-electron chi connectivity index (χ4n) is 3.34. The average molecular weight is 402 g/mol. The molecule has 1 heterocycles. The number of nitrogens with one attached hydrogen (secondary N) is 1. The number of carbonyl (C=O) groups excluding carboxylic acids is 1. The normalized spacial score (nSPS) is 15.5. The molecule has 1 fully saturated rings. The number of hydrogen-bond donors (Lipinski definition) is 1. The highest BCUT2D eigenvalue weighted by atomic mass is 32.2. The molecule has 4 nitrogen and oxygen atoms in total. The molecule has 2 aromatic carbocycles. The standard InChI is InChI=1S/C22H28FN3OS/c1-2-18-5-3-4-6-21(18)24-22(27)17-26-13-11-25(12-14-26)15-16-28-20-9-7-19(23)8-10-20/h3-10H,2,11-17H2,1H3,(H,24,27). The molecule has 0 aliphatic carbocycles. The second-order valence-corrected chi connectivity index (χ2v) is 8.15. The predicted octanol–water partition coefficient (Wildman–Crippen LogP) is 3.74. The summed E-state index contributed by atoms with van der Waals surface area (Å²) in [6, 6.07) is 14.6. The van der Waals surface area contributed by atoms with Gasteiger partial charge >= 0.3 is 0 Å². The Kier molecular flexibility index (Phi) is 7.89. The van der Waals surface area contributed by atoms with Crippen LogP contribution in [0.3, 0.4) is 0 Å². The SMILES string of the molecule is CCc1ccccc1NC(=O)CN1CCN(CCSc2ccc(F)cc2)CC1. The summed E-state index contributed by atoms with van der Waals surface area (Å²) in [5.74, 6) is 0.851. The van der Waals surface area contributed by atoms with Crippen molar-refractivity contribution in [3.63, 3.8) is 0 Å². The molecule has 28 heavy (non-hydrogen) atoms. The Bertz CT molecular complexity index is 761. The van der Waals surface area contributed by atoms with E-state index in [1.165, 1.54) is 17.7 Å². The molecule has 1 amide bonds. The van der Waals surface area contributed by atoms with E-state index in [0.29, 0.717) is 6.54 Å².